The Morgan fingerprint density at radius 2 is 1.77 bits per heavy atom. The Kier molecular flexibility index (Phi) is 5.38. The van der Waals surface area contributed by atoms with Gasteiger partial charge in [0.1, 0.15) is 10.7 Å². The molecule has 1 fully saturated rings. The summed E-state index contributed by atoms with van der Waals surface area (Å²) in [5.74, 6) is -1.03. The molecule has 2 aromatic carbocycles. The number of hydrogen-bond donors (Lipinski definition) is 1. The molecule has 0 bridgehead atoms. The van der Waals surface area contributed by atoms with Crippen LogP contribution in [0, 0.1) is 12.7 Å². The van der Waals surface area contributed by atoms with Crippen LogP contribution in [0.3, 0.4) is 0 Å². The van der Waals surface area contributed by atoms with E-state index >= 15 is 0 Å². The summed E-state index contributed by atoms with van der Waals surface area (Å²) in [5.41, 5.74) is 0.775. The maximum absolute atomic E-state index is 13.7. The highest BCUT2D eigenvalue weighted by Gasteiger charge is 2.28. The van der Waals surface area contributed by atoms with Crippen LogP contribution in [0.5, 0.6) is 0 Å². The number of carbonyl (C=O) groups excluding carboxylic acids is 1. The first-order valence-corrected chi connectivity index (χ1v) is 10.0. The van der Waals surface area contributed by atoms with Crippen LogP contribution in [0.15, 0.2) is 47.4 Å². The number of nitrogens with one attached hydrogen (secondary N) is 1. The predicted molar refractivity (Wildman–Crippen MR) is 98.1 cm³/mol. The maximum atomic E-state index is 13.7. The zero-order chi connectivity index (χ0) is 18.7. The van der Waals surface area contributed by atoms with Gasteiger partial charge in [-0.25, -0.2) is 12.8 Å². The summed E-state index contributed by atoms with van der Waals surface area (Å²) in [6.45, 7) is 2.57. The lowest BCUT2D eigenvalue weighted by molar-refractivity contribution is 0.102. The van der Waals surface area contributed by atoms with Gasteiger partial charge in [-0.15, -0.1) is 0 Å². The number of rotatable bonds is 4. The second-order valence-electron chi connectivity index (χ2n) is 6.38. The third-order valence-electron chi connectivity index (χ3n) is 4.50. The number of sulfonamides is 1. The van der Waals surface area contributed by atoms with Gasteiger partial charge in [0.25, 0.3) is 5.91 Å². The molecule has 1 N–H and O–H groups in total. The highest BCUT2D eigenvalue weighted by molar-refractivity contribution is 7.89. The quantitative estimate of drug-likeness (QED) is 0.887. The normalized spacial score (nSPS) is 15.6. The minimum atomic E-state index is -3.69. The molecule has 138 valence electrons. The fourth-order valence-electron chi connectivity index (χ4n) is 2.97. The summed E-state index contributed by atoms with van der Waals surface area (Å²) >= 11 is 0. The van der Waals surface area contributed by atoms with Gasteiger partial charge in [-0.2, -0.15) is 4.31 Å². The van der Waals surface area contributed by atoms with E-state index in [1.54, 1.807) is 25.1 Å². The van der Waals surface area contributed by atoms with Crippen molar-refractivity contribution in [2.24, 2.45) is 0 Å². The van der Waals surface area contributed by atoms with Crippen LogP contribution in [0.25, 0.3) is 0 Å². The second-order valence-corrected chi connectivity index (χ2v) is 8.29. The molecule has 0 aliphatic carbocycles. The minimum Gasteiger partial charge on any atom is -0.321 e. The van der Waals surface area contributed by atoms with Crippen LogP contribution in [0.2, 0.25) is 0 Å². The summed E-state index contributed by atoms with van der Waals surface area (Å²) in [4.78, 5) is 12.5. The molecule has 7 heteroatoms. The van der Waals surface area contributed by atoms with Crippen LogP contribution in [0.1, 0.15) is 35.2 Å². The Morgan fingerprint density at radius 3 is 2.46 bits per heavy atom. The first kappa shape index (κ1) is 18.5. The lowest BCUT2D eigenvalue weighted by Crippen LogP contribution is -2.36. The van der Waals surface area contributed by atoms with E-state index in [0.29, 0.717) is 18.7 Å². The van der Waals surface area contributed by atoms with Gasteiger partial charge in [0.15, 0.2) is 0 Å². The molecule has 26 heavy (non-hydrogen) atoms. The summed E-state index contributed by atoms with van der Waals surface area (Å²) < 4.78 is 41.0. The predicted octanol–water partition coefficient (Wildman–Crippen LogP) is 3.56. The van der Waals surface area contributed by atoms with Crippen LogP contribution in [-0.4, -0.2) is 31.7 Å². The molecule has 0 radical (unpaired) electrons. The largest absolute Gasteiger partial charge is 0.321 e. The number of halogens is 1. The molecule has 2 aromatic rings. The van der Waals surface area contributed by atoms with Gasteiger partial charge < -0.3 is 5.32 Å². The molecule has 0 unspecified atom stereocenters. The van der Waals surface area contributed by atoms with E-state index in [-0.39, 0.29) is 16.1 Å². The van der Waals surface area contributed by atoms with Crippen molar-refractivity contribution in [3.05, 3.63) is 59.4 Å². The maximum Gasteiger partial charge on any atom is 0.255 e. The lowest BCUT2D eigenvalue weighted by atomic mass is 10.1. The van der Waals surface area contributed by atoms with Gasteiger partial charge in [0.05, 0.1) is 5.69 Å². The molecule has 5 nitrogen and oxygen atoms in total. The van der Waals surface area contributed by atoms with Gasteiger partial charge in [-0.05, 0) is 49.6 Å². The average molecular weight is 376 g/mol. The van der Waals surface area contributed by atoms with Gasteiger partial charge in [0, 0.05) is 18.7 Å². The summed E-state index contributed by atoms with van der Waals surface area (Å²) in [6, 6.07) is 10.5. The molecule has 1 heterocycles. The van der Waals surface area contributed by atoms with Crippen molar-refractivity contribution in [2.75, 3.05) is 18.4 Å². The fraction of sp³-hybridized carbons (Fsp3) is 0.316. The Bertz CT molecular complexity index is 922. The third-order valence-corrected chi connectivity index (χ3v) is 6.46. The first-order chi connectivity index (χ1) is 12.4. The van der Waals surface area contributed by atoms with Crippen molar-refractivity contribution in [1.29, 1.82) is 0 Å². The molecule has 1 amide bonds. The van der Waals surface area contributed by atoms with Crippen molar-refractivity contribution in [3.63, 3.8) is 0 Å². The van der Waals surface area contributed by atoms with Gasteiger partial charge in [-0.1, -0.05) is 24.6 Å². The van der Waals surface area contributed by atoms with Gasteiger partial charge in [0.2, 0.25) is 10.0 Å². The number of para-hydroxylation sites is 1. The van der Waals surface area contributed by atoms with E-state index in [1.165, 1.54) is 22.5 Å². The molecule has 0 spiro atoms. The van der Waals surface area contributed by atoms with Crippen LogP contribution in [-0.2, 0) is 10.0 Å². The molecule has 3 rings (SSSR count). The molecule has 0 saturated carbocycles. The van der Waals surface area contributed by atoms with Crippen molar-refractivity contribution in [3.8, 4) is 0 Å². The lowest BCUT2D eigenvalue weighted by Gasteiger charge is -2.26. The van der Waals surface area contributed by atoms with Crippen LogP contribution >= 0.6 is 0 Å². The number of hydrogen-bond acceptors (Lipinski definition) is 3. The molecule has 1 aliphatic rings. The minimum absolute atomic E-state index is 0.0582. The number of aryl methyl sites for hydroxylation is 1. The molecule has 1 aliphatic heterocycles. The molecular formula is C19H21FN2O3S. The van der Waals surface area contributed by atoms with Crippen LogP contribution < -0.4 is 5.32 Å². The standard InChI is InChI=1S/C19H21FN2O3S/c1-14-9-10-15(13-16(14)20)19(23)21-17-7-3-4-8-18(17)26(24,25)22-11-5-2-6-12-22/h3-4,7-10,13H,2,5-6,11-12H2,1H3,(H,21,23). The van der Waals surface area contributed by atoms with Gasteiger partial charge >= 0.3 is 0 Å². The summed E-state index contributed by atoms with van der Waals surface area (Å²) in [6.07, 6.45) is 2.68. The van der Waals surface area contributed by atoms with E-state index in [4.69, 9.17) is 0 Å². The van der Waals surface area contributed by atoms with Crippen molar-refractivity contribution in [1.82, 2.24) is 4.31 Å². The smallest absolute Gasteiger partial charge is 0.255 e. The SMILES string of the molecule is Cc1ccc(C(=O)Nc2ccccc2S(=O)(=O)N2CCCCC2)cc1F. The van der Waals surface area contributed by atoms with E-state index < -0.39 is 21.7 Å². The topological polar surface area (TPSA) is 66.5 Å². The Morgan fingerprint density at radius 1 is 1.08 bits per heavy atom. The highest BCUT2D eigenvalue weighted by atomic mass is 32.2. The van der Waals surface area contributed by atoms with Crippen molar-refractivity contribution >= 4 is 21.6 Å². The molecule has 1 saturated heterocycles. The third kappa shape index (κ3) is 3.78. The number of carbonyl (C=O) groups is 1. The highest BCUT2D eigenvalue weighted by Crippen LogP contribution is 2.27. The average Bonchev–Trinajstić information content (AvgIpc) is 2.65. The zero-order valence-corrected chi connectivity index (χ0v) is 15.4. The van der Waals surface area contributed by atoms with E-state index in [2.05, 4.69) is 5.32 Å². The summed E-state index contributed by atoms with van der Waals surface area (Å²) in [7, 11) is -3.69. The second kappa shape index (κ2) is 7.55. The van der Waals surface area contributed by atoms with Gasteiger partial charge in [-0.3, -0.25) is 4.79 Å². The van der Waals surface area contributed by atoms with Crippen LogP contribution in [0.4, 0.5) is 10.1 Å². The van der Waals surface area contributed by atoms with Crippen molar-refractivity contribution < 1.29 is 17.6 Å². The number of anilines is 1. The van der Waals surface area contributed by atoms with E-state index in [9.17, 15) is 17.6 Å². The fourth-order valence-corrected chi connectivity index (χ4v) is 4.63. The summed E-state index contributed by atoms with van der Waals surface area (Å²) in [5, 5.41) is 2.61. The number of benzene rings is 2. The Balaban J connectivity index is 1.89. The molecular weight excluding hydrogens is 355 g/mol. The molecule has 0 atom stereocenters. The molecule has 0 aromatic heterocycles. The first-order valence-electron chi connectivity index (χ1n) is 8.56. The number of piperidine rings is 1. The Hall–Kier alpha value is -2.25. The number of amides is 1. The van der Waals surface area contributed by atoms with E-state index in [1.807, 2.05) is 0 Å². The Labute approximate surface area is 152 Å². The van der Waals surface area contributed by atoms with Crippen molar-refractivity contribution in [2.45, 2.75) is 31.1 Å². The van der Waals surface area contributed by atoms with E-state index in [0.717, 1.165) is 25.3 Å². The monoisotopic (exact) mass is 376 g/mol. The zero-order valence-electron chi connectivity index (χ0n) is 14.5. The number of nitrogens with zero attached hydrogens (tertiary/aromatic N) is 1.